The van der Waals surface area contributed by atoms with Crippen LogP contribution < -0.4 is 10.1 Å². The predicted octanol–water partition coefficient (Wildman–Crippen LogP) is 2.27. The van der Waals surface area contributed by atoms with E-state index in [9.17, 15) is 4.79 Å². The van der Waals surface area contributed by atoms with Gasteiger partial charge in [0.05, 0.1) is 0 Å². The van der Waals surface area contributed by atoms with Gasteiger partial charge in [-0.1, -0.05) is 0 Å². The fourth-order valence-corrected chi connectivity index (χ4v) is 1.68. The second kappa shape index (κ2) is 6.18. The van der Waals surface area contributed by atoms with Crippen molar-refractivity contribution in [2.24, 2.45) is 0 Å². The molecule has 0 radical (unpaired) electrons. The smallest absolute Gasteiger partial charge is 0.256 e. The Morgan fingerprint density at radius 3 is 2.60 bits per heavy atom. The number of rotatable bonds is 5. The van der Waals surface area contributed by atoms with Crippen molar-refractivity contribution in [1.29, 1.82) is 0 Å². The topological polar surface area (TPSA) is 77.2 Å². The predicted molar refractivity (Wildman–Crippen MR) is 72.5 cm³/mol. The van der Waals surface area contributed by atoms with Crippen LogP contribution in [-0.4, -0.2) is 22.6 Å². The first-order chi connectivity index (χ1) is 9.60. The molecule has 0 saturated carbocycles. The normalized spacial score (nSPS) is 11.9. The van der Waals surface area contributed by atoms with E-state index < -0.39 is 0 Å². The molecule has 0 aliphatic rings. The average Bonchev–Trinajstić information content (AvgIpc) is 2.86. The Labute approximate surface area is 117 Å². The number of ether oxygens (including phenoxy) is 1. The van der Waals surface area contributed by atoms with Crippen molar-refractivity contribution in [3.63, 3.8) is 0 Å². The Morgan fingerprint density at radius 2 is 2.05 bits per heavy atom. The van der Waals surface area contributed by atoms with Gasteiger partial charge in [-0.2, -0.15) is 0 Å². The van der Waals surface area contributed by atoms with Crippen LogP contribution in [0.4, 0.5) is 0 Å². The summed E-state index contributed by atoms with van der Waals surface area (Å²) in [6.07, 6.45) is -0.341. The standard InChI is InChI=1S/C14H17N3O3/c1-4-15-13(18)11-5-7-12(8-6-11)19-9(2)14-17-16-10(3)20-14/h5-9H,4H2,1-3H3,(H,15,18)/t9-/m1/s1. The molecule has 1 atom stereocenters. The Kier molecular flexibility index (Phi) is 4.34. The lowest BCUT2D eigenvalue weighted by Gasteiger charge is -2.11. The maximum Gasteiger partial charge on any atom is 0.256 e. The van der Waals surface area contributed by atoms with Gasteiger partial charge in [0.1, 0.15) is 5.75 Å². The van der Waals surface area contributed by atoms with Crippen molar-refractivity contribution in [2.45, 2.75) is 26.9 Å². The number of aryl methyl sites for hydroxylation is 1. The molecule has 6 nitrogen and oxygen atoms in total. The number of carbonyl (C=O) groups excluding carboxylic acids is 1. The van der Waals surface area contributed by atoms with Crippen molar-refractivity contribution in [1.82, 2.24) is 15.5 Å². The maximum atomic E-state index is 11.6. The molecule has 0 aliphatic heterocycles. The van der Waals surface area contributed by atoms with E-state index in [1.54, 1.807) is 31.2 Å². The van der Waals surface area contributed by atoms with Crippen LogP contribution in [0.25, 0.3) is 0 Å². The van der Waals surface area contributed by atoms with E-state index >= 15 is 0 Å². The van der Waals surface area contributed by atoms with Crippen LogP contribution in [0.15, 0.2) is 28.7 Å². The van der Waals surface area contributed by atoms with Crippen molar-refractivity contribution in [3.05, 3.63) is 41.6 Å². The molecule has 0 saturated heterocycles. The number of aromatic nitrogens is 2. The molecular weight excluding hydrogens is 258 g/mol. The fraction of sp³-hybridized carbons (Fsp3) is 0.357. The summed E-state index contributed by atoms with van der Waals surface area (Å²) in [6.45, 7) is 6.03. The van der Waals surface area contributed by atoms with Crippen LogP contribution in [0, 0.1) is 6.92 Å². The lowest BCUT2D eigenvalue weighted by atomic mass is 10.2. The van der Waals surface area contributed by atoms with Gasteiger partial charge >= 0.3 is 0 Å². The summed E-state index contributed by atoms with van der Waals surface area (Å²) in [5.41, 5.74) is 0.598. The molecule has 2 rings (SSSR count). The van der Waals surface area contributed by atoms with E-state index in [1.807, 2.05) is 13.8 Å². The Balaban J connectivity index is 2.01. The SMILES string of the molecule is CCNC(=O)c1ccc(O[C@H](C)c2nnc(C)o2)cc1. The van der Waals surface area contributed by atoms with Crippen LogP contribution in [0.2, 0.25) is 0 Å². The molecule has 0 aliphatic carbocycles. The van der Waals surface area contributed by atoms with Gasteiger partial charge in [-0.15, -0.1) is 10.2 Å². The molecule has 1 aromatic carbocycles. The summed E-state index contributed by atoms with van der Waals surface area (Å²) in [5.74, 6) is 1.47. The molecule has 6 heteroatoms. The van der Waals surface area contributed by atoms with Gasteiger partial charge in [0.2, 0.25) is 5.89 Å². The second-order valence-corrected chi connectivity index (χ2v) is 4.30. The molecular formula is C14H17N3O3. The van der Waals surface area contributed by atoms with Gasteiger partial charge in [0, 0.05) is 19.0 Å². The minimum Gasteiger partial charge on any atom is -0.481 e. The van der Waals surface area contributed by atoms with Crippen LogP contribution in [0.3, 0.4) is 0 Å². The Morgan fingerprint density at radius 1 is 1.35 bits per heavy atom. The van der Waals surface area contributed by atoms with Gasteiger partial charge in [-0.05, 0) is 38.1 Å². The highest BCUT2D eigenvalue weighted by molar-refractivity contribution is 5.94. The minimum atomic E-state index is -0.341. The molecule has 20 heavy (non-hydrogen) atoms. The fourth-order valence-electron chi connectivity index (χ4n) is 1.68. The van der Waals surface area contributed by atoms with Crippen molar-refractivity contribution in [2.75, 3.05) is 6.54 Å². The molecule has 1 amide bonds. The van der Waals surface area contributed by atoms with Crippen molar-refractivity contribution >= 4 is 5.91 Å². The summed E-state index contributed by atoms with van der Waals surface area (Å²) in [4.78, 5) is 11.6. The maximum absolute atomic E-state index is 11.6. The largest absolute Gasteiger partial charge is 0.481 e. The highest BCUT2D eigenvalue weighted by Crippen LogP contribution is 2.21. The molecule has 106 valence electrons. The molecule has 1 aromatic heterocycles. The highest BCUT2D eigenvalue weighted by atomic mass is 16.5. The van der Waals surface area contributed by atoms with Crippen molar-refractivity contribution in [3.8, 4) is 5.75 Å². The average molecular weight is 275 g/mol. The summed E-state index contributed by atoms with van der Waals surface area (Å²) >= 11 is 0. The highest BCUT2D eigenvalue weighted by Gasteiger charge is 2.14. The number of hydrogen-bond acceptors (Lipinski definition) is 5. The number of benzene rings is 1. The molecule has 0 spiro atoms. The lowest BCUT2D eigenvalue weighted by molar-refractivity contribution is 0.0955. The van der Waals surface area contributed by atoms with Gasteiger partial charge < -0.3 is 14.5 Å². The molecule has 1 N–H and O–H groups in total. The number of carbonyl (C=O) groups is 1. The summed E-state index contributed by atoms with van der Waals surface area (Å²) in [5, 5.41) is 10.4. The number of amides is 1. The molecule has 0 unspecified atom stereocenters. The Hall–Kier alpha value is -2.37. The monoisotopic (exact) mass is 275 g/mol. The lowest BCUT2D eigenvalue weighted by Crippen LogP contribution is -2.22. The van der Waals surface area contributed by atoms with Crippen LogP contribution in [-0.2, 0) is 0 Å². The number of nitrogens with one attached hydrogen (secondary N) is 1. The third-order valence-electron chi connectivity index (χ3n) is 2.66. The zero-order valence-corrected chi connectivity index (χ0v) is 11.7. The van der Waals surface area contributed by atoms with Gasteiger partial charge in [0.15, 0.2) is 6.10 Å². The Bertz CT molecular complexity index is 578. The first kappa shape index (κ1) is 14.0. The van der Waals surface area contributed by atoms with Gasteiger partial charge in [0.25, 0.3) is 11.8 Å². The molecule has 0 bridgehead atoms. The van der Waals surface area contributed by atoms with E-state index in [-0.39, 0.29) is 12.0 Å². The molecule has 1 heterocycles. The summed E-state index contributed by atoms with van der Waals surface area (Å²) in [6, 6.07) is 6.91. The van der Waals surface area contributed by atoms with Crippen LogP contribution in [0.5, 0.6) is 5.75 Å². The zero-order chi connectivity index (χ0) is 14.5. The van der Waals surface area contributed by atoms with Crippen LogP contribution >= 0.6 is 0 Å². The van der Waals surface area contributed by atoms with Gasteiger partial charge in [-0.3, -0.25) is 4.79 Å². The quantitative estimate of drug-likeness (QED) is 0.905. The molecule has 0 fully saturated rings. The third kappa shape index (κ3) is 3.34. The van der Waals surface area contributed by atoms with E-state index in [0.29, 0.717) is 29.6 Å². The first-order valence-corrected chi connectivity index (χ1v) is 6.45. The minimum absolute atomic E-state index is 0.0976. The van der Waals surface area contributed by atoms with Crippen molar-refractivity contribution < 1.29 is 13.9 Å². The van der Waals surface area contributed by atoms with E-state index in [0.717, 1.165) is 0 Å². The summed E-state index contributed by atoms with van der Waals surface area (Å²) < 4.78 is 11.0. The van der Waals surface area contributed by atoms with E-state index in [4.69, 9.17) is 9.15 Å². The van der Waals surface area contributed by atoms with Gasteiger partial charge in [-0.25, -0.2) is 0 Å². The number of hydrogen-bond donors (Lipinski definition) is 1. The molecule has 2 aromatic rings. The number of nitrogens with zero attached hydrogens (tertiary/aromatic N) is 2. The van der Waals surface area contributed by atoms with E-state index in [2.05, 4.69) is 15.5 Å². The second-order valence-electron chi connectivity index (χ2n) is 4.30. The zero-order valence-electron chi connectivity index (χ0n) is 11.7. The summed E-state index contributed by atoms with van der Waals surface area (Å²) in [7, 11) is 0. The van der Waals surface area contributed by atoms with Crippen LogP contribution in [0.1, 0.15) is 42.1 Å². The van der Waals surface area contributed by atoms with E-state index in [1.165, 1.54) is 0 Å². The third-order valence-corrected chi connectivity index (χ3v) is 2.66. The first-order valence-electron chi connectivity index (χ1n) is 6.45.